The molecule has 1 aromatic rings. The van der Waals surface area contributed by atoms with Gasteiger partial charge in [0.25, 0.3) is 5.91 Å². The third kappa shape index (κ3) is 6.97. The van der Waals surface area contributed by atoms with Crippen molar-refractivity contribution in [2.75, 3.05) is 19.7 Å². The maximum atomic E-state index is 13.3. The van der Waals surface area contributed by atoms with Gasteiger partial charge in [-0.3, -0.25) is 4.79 Å². The first kappa shape index (κ1) is 25.9. The zero-order chi connectivity index (χ0) is 23.2. The minimum Gasteiger partial charge on any atom is -0.508 e. The SMILES string of the molecule is N[C@@H](c1cc(Cl)c(F)cc1O)C1CCN(C(=O)[C@H](O)CO)CC1.O=C(O)C(F)(F)F. The molecule has 0 spiro atoms. The molecular weight excluding hydrogens is 440 g/mol. The van der Waals surface area contributed by atoms with Crippen LogP contribution in [0.2, 0.25) is 5.02 Å². The number of nitrogens with zero attached hydrogens (tertiary/aromatic N) is 1. The molecule has 2 rings (SSSR count). The van der Waals surface area contributed by atoms with Crippen molar-refractivity contribution in [2.45, 2.75) is 31.2 Å². The predicted molar refractivity (Wildman–Crippen MR) is 96.1 cm³/mol. The van der Waals surface area contributed by atoms with Gasteiger partial charge in [0.2, 0.25) is 0 Å². The Kier molecular flexibility index (Phi) is 9.28. The number of aliphatic hydroxyl groups is 2. The second-order valence-corrected chi connectivity index (χ2v) is 6.92. The van der Waals surface area contributed by atoms with Crippen LogP contribution in [-0.2, 0) is 9.59 Å². The Morgan fingerprint density at radius 3 is 2.20 bits per heavy atom. The van der Waals surface area contributed by atoms with Gasteiger partial charge in [-0.05, 0) is 24.8 Å². The molecule has 0 bridgehead atoms. The molecule has 1 aliphatic heterocycles. The number of alkyl halides is 3. The highest BCUT2D eigenvalue weighted by Gasteiger charge is 2.38. The topological polar surface area (TPSA) is 144 Å². The Balaban J connectivity index is 0.000000553. The molecule has 1 fully saturated rings. The van der Waals surface area contributed by atoms with Crippen molar-refractivity contribution in [3.63, 3.8) is 0 Å². The summed E-state index contributed by atoms with van der Waals surface area (Å²) in [7, 11) is 0. The molecule has 13 heteroatoms. The van der Waals surface area contributed by atoms with Crippen LogP contribution in [0.15, 0.2) is 12.1 Å². The van der Waals surface area contributed by atoms with Crippen LogP contribution in [0.25, 0.3) is 0 Å². The molecule has 0 saturated carbocycles. The fraction of sp³-hybridized carbons (Fsp3) is 0.529. The van der Waals surface area contributed by atoms with Crippen molar-refractivity contribution in [1.29, 1.82) is 0 Å². The third-order valence-corrected chi connectivity index (χ3v) is 4.78. The van der Waals surface area contributed by atoms with E-state index < -0.39 is 42.6 Å². The minimum atomic E-state index is -5.08. The summed E-state index contributed by atoms with van der Waals surface area (Å²) in [5.74, 6) is -4.23. The first-order valence-corrected chi connectivity index (χ1v) is 8.98. The maximum absolute atomic E-state index is 13.3. The van der Waals surface area contributed by atoms with Gasteiger partial charge >= 0.3 is 12.1 Å². The van der Waals surface area contributed by atoms with Gasteiger partial charge in [-0.1, -0.05) is 11.6 Å². The van der Waals surface area contributed by atoms with Crippen LogP contribution < -0.4 is 5.73 Å². The Morgan fingerprint density at radius 2 is 1.77 bits per heavy atom. The fourth-order valence-electron chi connectivity index (χ4n) is 2.84. The number of rotatable bonds is 4. The summed E-state index contributed by atoms with van der Waals surface area (Å²) in [5.41, 5.74) is 6.53. The highest BCUT2D eigenvalue weighted by molar-refractivity contribution is 6.30. The number of phenolic OH excluding ortho intramolecular Hbond substituents is 1. The lowest BCUT2D eigenvalue weighted by atomic mass is 9.85. The van der Waals surface area contributed by atoms with Gasteiger partial charge in [0.1, 0.15) is 11.6 Å². The molecule has 0 aliphatic carbocycles. The highest BCUT2D eigenvalue weighted by atomic mass is 35.5. The number of carbonyl (C=O) groups excluding carboxylic acids is 1. The first-order chi connectivity index (χ1) is 13.8. The third-order valence-electron chi connectivity index (χ3n) is 4.49. The van der Waals surface area contributed by atoms with Crippen molar-refractivity contribution in [3.8, 4) is 5.75 Å². The van der Waals surface area contributed by atoms with Crippen LogP contribution in [0.4, 0.5) is 17.6 Å². The van der Waals surface area contributed by atoms with Crippen molar-refractivity contribution in [3.05, 3.63) is 28.5 Å². The molecule has 1 heterocycles. The zero-order valence-corrected chi connectivity index (χ0v) is 16.2. The average molecular weight is 461 g/mol. The summed E-state index contributed by atoms with van der Waals surface area (Å²) in [6.07, 6.45) is -5.35. The number of benzene rings is 1. The summed E-state index contributed by atoms with van der Waals surface area (Å²) < 4.78 is 45.0. The average Bonchev–Trinajstić information content (AvgIpc) is 2.69. The number of likely N-dealkylation sites (tertiary alicyclic amines) is 1. The quantitative estimate of drug-likeness (QED) is 0.427. The van der Waals surface area contributed by atoms with Crippen LogP contribution in [0, 0.1) is 11.7 Å². The smallest absolute Gasteiger partial charge is 0.490 e. The van der Waals surface area contributed by atoms with Gasteiger partial charge in [0.05, 0.1) is 11.6 Å². The lowest BCUT2D eigenvalue weighted by Gasteiger charge is -2.35. The van der Waals surface area contributed by atoms with Crippen LogP contribution >= 0.6 is 11.6 Å². The van der Waals surface area contributed by atoms with Gasteiger partial charge in [-0.2, -0.15) is 13.2 Å². The highest BCUT2D eigenvalue weighted by Crippen LogP contribution is 2.36. The van der Waals surface area contributed by atoms with E-state index in [4.69, 9.17) is 32.3 Å². The van der Waals surface area contributed by atoms with E-state index in [1.165, 1.54) is 11.0 Å². The lowest BCUT2D eigenvalue weighted by Crippen LogP contribution is -2.46. The van der Waals surface area contributed by atoms with Crippen molar-refractivity contribution < 1.29 is 47.6 Å². The van der Waals surface area contributed by atoms with E-state index in [1.54, 1.807) is 0 Å². The number of halogens is 5. The monoisotopic (exact) mass is 460 g/mol. The molecular formula is C17H21ClF4N2O6. The number of amides is 1. The molecule has 0 aromatic heterocycles. The fourth-order valence-corrected chi connectivity index (χ4v) is 3.01. The van der Waals surface area contributed by atoms with E-state index in [9.17, 15) is 32.6 Å². The molecule has 1 amide bonds. The number of nitrogens with two attached hydrogens (primary N) is 1. The number of aromatic hydroxyl groups is 1. The van der Waals surface area contributed by atoms with Gasteiger partial charge in [0, 0.05) is 30.8 Å². The van der Waals surface area contributed by atoms with Crippen LogP contribution in [0.5, 0.6) is 5.75 Å². The summed E-state index contributed by atoms with van der Waals surface area (Å²) in [5, 5.41) is 35.1. The Labute approximate surface area is 173 Å². The summed E-state index contributed by atoms with van der Waals surface area (Å²) >= 11 is 5.74. The van der Waals surface area contributed by atoms with Crippen molar-refractivity contribution in [1.82, 2.24) is 4.90 Å². The number of carbonyl (C=O) groups is 2. The number of hydrogen-bond donors (Lipinski definition) is 5. The van der Waals surface area contributed by atoms with E-state index >= 15 is 0 Å². The molecule has 1 aliphatic rings. The molecule has 2 atom stereocenters. The van der Waals surface area contributed by atoms with Gasteiger partial charge in [-0.15, -0.1) is 0 Å². The largest absolute Gasteiger partial charge is 0.508 e. The molecule has 170 valence electrons. The van der Waals surface area contributed by atoms with Gasteiger partial charge < -0.3 is 31.1 Å². The number of aliphatic hydroxyl groups excluding tert-OH is 2. The Morgan fingerprint density at radius 1 is 1.27 bits per heavy atom. The standard InChI is InChI=1S/C15H20ClFN2O4.C2HF3O2/c16-10-5-9(12(21)6-11(10)17)14(18)8-1-3-19(4-2-8)15(23)13(22)7-20;3-2(4,5)1(6)7/h5-6,8,13-14,20-22H,1-4,7,18H2;(H,6,7)/t13-,14-;/m1./s1. The van der Waals surface area contributed by atoms with E-state index in [1.807, 2.05) is 0 Å². The minimum absolute atomic E-state index is 0.0160. The second kappa shape index (κ2) is 10.8. The number of carboxylic acid groups (broad SMARTS) is 1. The molecule has 6 N–H and O–H groups in total. The summed E-state index contributed by atoms with van der Waals surface area (Å²) in [4.78, 5) is 22.2. The number of piperidine rings is 1. The number of aliphatic carboxylic acids is 1. The number of phenols is 1. The van der Waals surface area contributed by atoms with Crippen LogP contribution in [0.3, 0.4) is 0 Å². The van der Waals surface area contributed by atoms with E-state index in [0.717, 1.165) is 6.07 Å². The molecule has 1 saturated heterocycles. The molecule has 0 unspecified atom stereocenters. The van der Waals surface area contributed by atoms with Crippen LogP contribution in [-0.4, -0.2) is 69.2 Å². The number of hydrogen-bond acceptors (Lipinski definition) is 6. The Bertz CT molecular complexity index is 756. The molecule has 1 aromatic carbocycles. The molecule has 0 radical (unpaired) electrons. The summed E-state index contributed by atoms with van der Waals surface area (Å²) in [6.45, 7) is 0.175. The zero-order valence-electron chi connectivity index (χ0n) is 15.4. The maximum Gasteiger partial charge on any atom is 0.490 e. The Hall–Kier alpha value is -2.15. The summed E-state index contributed by atoms with van der Waals surface area (Å²) in [6, 6.07) is 1.73. The normalized spacial score (nSPS) is 17.0. The van der Waals surface area contributed by atoms with Gasteiger partial charge in [-0.25, -0.2) is 9.18 Å². The van der Waals surface area contributed by atoms with E-state index in [-0.39, 0.29) is 16.7 Å². The molecule has 8 nitrogen and oxygen atoms in total. The van der Waals surface area contributed by atoms with Crippen molar-refractivity contribution >= 4 is 23.5 Å². The first-order valence-electron chi connectivity index (χ1n) is 8.60. The second-order valence-electron chi connectivity index (χ2n) is 6.51. The number of carboxylic acids is 1. The van der Waals surface area contributed by atoms with Crippen molar-refractivity contribution in [2.24, 2.45) is 11.7 Å². The van der Waals surface area contributed by atoms with E-state index in [2.05, 4.69) is 0 Å². The van der Waals surface area contributed by atoms with E-state index in [0.29, 0.717) is 31.5 Å². The van der Waals surface area contributed by atoms with Crippen LogP contribution in [0.1, 0.15) is 24.4 Å². The predicted octanol–water partition coefficient (Wildman–Crippen LogP) is 1.41. The van der Waals surface area contributed by atoms with Gasteiger partial charge in [0.15, 0.2) is 6.10 Å². The molecule has 30 heavy (non-hydrogen) atoms. The lowest BCUT2D eigenvalue weighted by molar-refractivity contribution is -0.192.